The Morgan fingerprint density at radius 1 is 1.19 bits per heavy atom. The first kappa shape index (κ1) is 18.6. The van der Waals surface area contributed by atoms with Crippen LogP contribution in [-0.4, -0.2) is 43.1 Å². The second-order valence-corrected chi connectivity index (χ2v) is 6.72. The number of nitrogens with zero attached hydrogens (tertiary/aromatic N) is 1. The monoisotopic (exact) mass is 361 g/mol. The van der Waals surface area contributed by atoms with E-state index in [0.717, 1.165) is 36.8 Å². The fourth-order valence-electron chi connectivity index (χ4n) is 3.34. The molecule has 0 unspecified atom stereocenters. The number of amides is 1. The highest BCUT2D eigenvalue weighted by Gasteiger charge is 2.26. The SMILES string of the molecule is O=C(C=C1CCCCC1)OCC(=O)N1CCO[C@@H](c2ccc(F)cc2)C1. The zero-order valence-corrected chi connectivity index (χ0v) is 14.8. The van der Waals surface area contributed by atoms with Gasteiger partial charge in [0.15, 0.2) is 6.61 Å². The molecule has 1 aliphatic heterocycles. The van der Waals surface area contributed by atoms with Crippen LogP contribution in [-0.2, 0) is 19.1 Å². The Morgan fingerprint density at radius 2 is 1.92 bits per heavy atom. The van der Waals surface area contributed by atoms with Gasteiger partial charge >= 0.3 is 5.97 Å². The summed E-state index contributed by atoms with van der Waals surface area (Å²) >= 11 is 0. The molecular formula is C20H24FNO4. The van der Waals surface area contributed by atoms with Crippen molar-refractivity contribution in [3.05, 3.63) is 47.3 Å². The minimum atomic E-state index is -0.446. The van der Waals surface area contributed by atoms with Gasteiger partial charge in [0.05, 0.1) is 13.2 Å². The quantitative estimate of drug-likeness (QED) is 0.611. The van der Waals surface area contributed by atoms with Crippen LogP contribution >= 0.6 is 0 Å². The van der Waals surface area contributed by atoms with Crippen molar-refractivity contribution in [2.24, 2.45) is 0 Å². The maximum atomic E-state index is 13.0. The van der Waals surface area contributed by atoms with Gasteiger partial charge in [-0.2, -0.15) is 0 Å². The summed E-state index contributed by atoms with van der Waals surface area (Å²) in [5.41, 5.74) is 1.93. The van der Waals surface area contributed by atoms with Crippen LogP contribution in [0.5, 0.6) is 0 Å². The molecule has 1 saturated carbocycles. The predicted octanol–water partition coefficient (Wildman–Crippen LogP) is 3.16. The number of hydrogen-bond acceptors (Lipinski definition) is 4. The van der Waals surface area contributed by atoms with Crippen molar-refractivity contribution in [3.8, 4) is 0 Å². The van der Waals surface area contributed by atoms with Gasteiger partial charge < -0.3 is 14.4 Å². The second kappa shape index (κ2) is 8.94. The van der Waals surface area contributed by atoms with Crippen LogP contribution in [0, 0.1) is 5.82 Å². The van der Waals surface area contributed by atoms with Crippen molar-refractivity contribution in [1.29, 1.82) is 0 Å². The van der Waals surface area contributed by atoms with Gasteiger partial charge in [0.2, 0.25) is 0 Å². The Bertz CT molecular complexity index is 663. The van der Waals surface area contributed by atoms with Crippen molar-refractivity contribution >= 4 is 11.9 Å². The molecule has 0 radical (unpaired) electrons. The topological polar surface area (TPSA) is 55.8 Å². The fraction of sp³-hybridized carbons (Fsp3) is 0.500. The van der Waals surface area contributed by atoms with Gasteiger partial charge in [-0.1, -0.05) is 24.1 Å². The summed E-state index contributed by atoms with van der Waals surface area (Å²) in [6.45, 7) is 0.947. The Hall–Kier alpha value is -2.21. The van der Waals surface area contributed by atoms with Gasteiger partial charge in [0.25, 0.3) is 5.91 Å². The van der Waals surface area contributed by atoms with Crippen LogP contribution in [0.25, 0.3) is 0 Å². The van der Waals surface area contributed by atoms with E-state index in [-0.39, 0.29) is 24.4 Å². The lowest BCUT2D eigenvalue weighted by Gasteiger charge is -2.33. The molecule has 1 aliphatic carbocycles. The fourth-order valence-corrected chi connectivity index (χ4v) is 3.34. The van der Waals surface area contributed by atoms with E-state index < -0.39 is 5.97 Å². The maximum absolute atomic E-state index is 13.0. The second-order valence-electron chi connectivity index (χ2n) is 6.72. The van der Waals surface area contributed by atoms with E-state index >= 15 is 0 Å². The standard InChI is InChI=1S/C20H24FNO4/c21-17-8-6-16(7-9-17)18-13-22(10-11-25-18)19(23)14-26-20(24)12-15-4-2-1-3-5-15/h6-9,12,18H,1-5,10-11,13-14H2/t18-/m1/s1. The molecule has 2 fully saturated rings. The third-order valence-electron chi connectivity index (χ3n) is 4.82. The number of carbonyl (C=O) groups excluding carboxylic acids is 2. The van der Waals surface area contributed by atoms with Crippen molar-refractivity contribution in [2.45, 2.75) is 38.2 Å². The molecule has 140 valence electrons. The first-order chi connectivity index (χ1) is 12.6. The molecule has 0 N–H and O–H groups in total. The molecule has 3 rings (SSSR count). The molecule has 1 aromatic rings. The first-order valence-electron chi connectivity index (χ1n) is 9.13. The van der Waals surface area contributed by atoms with Crippen molar-refractivity contribution in [1.82, 2.24) is 4.90 Å². The zero-order valence-electron chi connectivity index (χ0n) is 14.8. The van der Waals surface area contributed by atoms with Crippen molar-refractivity contribution in [3.63, 3.8) is 0 Å². The normalized spacial score (nSPS) is 20.6. The van der Waals surface area contributed by atoms with E-state index in [1.165, 1.54) is 24.6 Å². The average Bonchev–Trinajstić information content (AvgIpc) is 2.67. The number of esters is 1. The summed E-state index contributed by atoms with van der Waals surface area (Å²) in [7, 11) is 0. The molecule has 6 heteroatoms. The first-order valence-corrected chi connectivity index (χ1v) is 9.13. The predicted molar refractivity (Wildman–Crippen MR) is 93.8 cm³/mol. The van der Waals surface area contributed by atoms with E-state index in [2.05, 4.69) is 0 Å². The number of allylic oxidation sites excluding steroid dienone is 1. The van der Waals surface area contributed by atoms with Crippen LogP contribution in [0.1, 0.15) is 43.8 Å². The van der Waals surface area contributed by atoms with Crippen molar-refractivity contribution < 1.29 is 23.5 Å². The molecule has 0 bridgehead atoms. The van der Waals surface area contributed by atoms with E-state index in [1.54, 1.807) is 17.0 Å². The molecule has 0 aromatic heterocycles. The Morgan fingerprint density at radius 3 is 2.65 bits per heavy atom. The molecule has 5 nitrogen and oxygen atoms in total. The van der Waals surface area contributed by atoms with Crippen LogP contribution in [0.2, 0.25) is 0 Å². The van der Waals surface area contributed by atoms with Gasteiger partial charge in [-0.3, -0.25) is 4.79 Å². The average molecular weight is 361 g/mol. The number of ether oxygens (including phenoxy) is 2. The van der Waals surface area contributed by atoms with E-state index in [4.69, 9.17) is 9.47 Å². The minimum Gasteiger partial charge on any atom is -0.452 e. The lowest BCUT2D eigenvalue weighted by atomic mass is 9.95. The van der Waals surface area contributed by atoms with E-state index in [0.29, 0.717) is 19.7 Å². The zero-order chi connectivity index (χ0) is 18.4. The van der Waals surface area contributed by atoms with Crippen molar-refractivity contribution in [2.75, 3.05) is 26.3 Å². The van der Waals surface area contributed by atoms with Crippen LogP contribution in [0.4, 0.5) is 4.39 Å². The Kier molecular flexibility index (Phi) is 6.39. The maximum Gasteiger partial charge on any atom is 0.331 e. The molecule has 26 heavy (non-hydrogen) atoms. The van der Waals surface area contributed by atoms with Gasteiger partial charge in [-0.15, -0.1) is 0 Å². The third kappa shape index (κ3) is 5.14. The minimum absolute atomic E-state index is 0.240. The van der Waals surface area contributed by atoms with Crippen LogP contribution in [0.15, 0.2) is 35.9 Å². The molecule has 1 amide bonds. The highest BCUT2D eigenvalue weighted by molar-refractivity contribution is 5.86. The van der Waals surface area contributed by atoms with Gasteiger partial charge in [-0.25, -0.2) is 9.18 Å². The molecule has 1 saturated heterocycles. The highest BCUT2D eigenvalue weighted by atomic mass is 19.1. The summed E-state index contributed by atoms with van der Waals surface area (Å²) in [6.07, 6.45) is 6.53. The number of morpholine rings is 1. The summed E-state index contributed by atoms with van der Waals surface area (Å²) in [5, 5.41) is 0. The Balaban J connectivity index is 1.49. The summed E-state index contributed by atoms with van der Waals surface area (Å²) in [6, 6.07) is 6.06. The highest BCUT2D eigenvalue weighted by Crippen LogP contribution is 2.23. The molecule has 0 spiro atoms. The van der Waals surface area contributed by atoms with Gasteiger partial charge in [0.1, 0.15) is 11.9 Å². The summed E-state index contributed by atoms with van der Waals surface area (Å²) in [4.78, 5) is 25.8. The summed E-state index contributed by atoms with van der Waals surface area (Å²) < 4.78 is 23.8. The van der Waals surface area contributed by atoms with E-state index in [9.17, 15) is 14.0 Å². The number of carbonyl (C=O) groups is 2. The number of rotatable bonds is 4. The van der Waals surface area contributed by atoms with E-state index in [1.807, 2.05) is 0 Å². The van der Waals surface area contributed by atoms with Crippen LogP contribution < -0.4 is 0 Å². The van der Waals surface area contributed by atoms with Gasteiger partial charge in [-0.05, 0) is 43.4 Å². The summed E-state index contributed by atoms with van der Waals surface area (Å²) in [5.74, 6) is -0.995. The molecule has 1 heterocycles. The largest absolute Gasteiger partial charge is 0.452 e. The van der Waals surface area contributed by atoms with Crippen LogP contribution in [0.3, 0.4) is 0 Å². The lowest BCUT2D eigenvalue weighted by Crippen LogP contribution is -2.44. The van der Waals surface area contributed by atoms with Gasteiger partial charge in [0, 0.05) is 12.6 Å². The molecule has 1 atom stereocenters. The smallest absolute Gasteiger partial charge is 0.331 e. The number of hydrogen-bond donors (Lipinski definition) is 0. The third-order valence-corrected chi connectivity index (χ3v) is 4.82. The molecular weight excluding hydrogens is 337 g/mol. The lowest BCUT2D eigenvalue weighted by molar-refractivity contribution is -0.152. The Labute approximate surface area is 152 Å². The molecule has 2 aliphatic rings. The number of benzene rings is 1. The molecule has 1 aromatic carbocycles. The number of halogens is 1.